The molecule has 0 aromatic carbocycles. The molecule has 0 rings (SSSR count). The molecule has 0 saturated carbocycles. The summed E-state index contributed by atoms with van der Waals surface area (Å²) in [5, 5.41) is 23.7. The zero-order valence-corrected chi connectivity index (χ0v) is 42.3. The van der Waals surface area contributed by atoms with Crippen molar-refractivity contribution in [2.45, 2.75) is 257 Å². The van der Waals surface area contributed by atoms with Gasteiger partial charge in [0.05, 0.1) is 25.2 Å². The molecule has 3 atom stereocenters. The molecule has 0 saturated heterocycles. The second-order valence-electron chi connectivity index (χ2n) is 17.9. The van der Waals surface area contributed by atoms with E-state index >= 15 is 0 Å². The molecular weight excluding hydrogens is 803 g/mol. The average Bonchev–Trinajstić information content (AvgIpc) is 3.30. The molecule has 3 N–H and O–H groups in total. The smallest absolute Gasteiger partial charge is 0.306 e. The fourth-order valence-electron chi connectivity index (χ4n) is 7.62. The largest absolute Gasteiger partial charge is 0.462 e. The van der Waals surface area contributed by atoms with Crippen LogP contribution in [0.25, 0.3) is 0 Å². The van der Waals surface area contributed by atoms with Crippen LogP contribution < -0.4 is 5.32 Å². The Morgan fingerprint density at radius 2 is 0.877 bits per heavy atom. The fourth-order valence-corrected chi connectivity index (χ4v) is 7.62. The molecule has 6 heteroatoms. The number of allylic oxidation sites excluding steroid dienone is 16. The van der Waals surface area contributed by atoms with E-state index in [-0.39, 0.29) is 31.3 Å². The molecule has 0 heterocycles. The predicted octanol–water partition coefficient (Wildman–Crippen LogP) is 16.5. The number of carbonyl (C=O) groups excluding carboxylic acids is 2. The summed E-state index contributed by atoms with van der Waals surface area (Å²) in [6.45, 7) is 6.33. The van der Waals surface area contributed by atoms with Crippen LogP contribution in [-0.4, -0.2) is 46.9 Å². The van der Waals surface area contributed by atoms with E-state index in [4.69, 9.17) is 4.74 Å². The summed E-state index contributed by atoms with van der Waals surface area (Å²) >= 11 is 0. The van der Waals surface area contributed by atoms with Crippen LogP contribution in [0.15, 0.2) is 97.2 Å². The van der Waals surface area contributed by atoms with Crippen molar-refractivity contribution < 1.29 is 24.5 Å². The van der Waals surface area contributed by atoms with Gasteiger partial charge in [-0.1, -0.05) is 234 Å². The standard InChI is InChI=1S/C59H101NO5/c1-4-7-10-13-16-19-22-24-26-28-29-30-32-34-37-40-43-46-49-52-59(64)65-55(50-47-44-41-38-36-33-31-27-25-23-20-17-14-11-8-5-2)53-58(63)60-56(54-61)57(62)51-48-45-42-39-35-21-18-15-12-9-6-3/h7,10,16,19,24,26-27,29-31,33-34,36-37,43,46,55-57,61-62H,4-6,8-9,11-15,17-18,20-23,25,28,32,35,38-42,44-45,47-54H2,1-3H3,(H,60,63)/b10-7-,19-16-,26-24-,30-29-,31-27+,36-33+,37-34-,46-43-. The number of hydrogen-bond acceptors (Lipinski definition) is 5. The van der Waals surface area contributed by atoms with Gasteiger partial charge in [0.1, 0.15) is 6.10 Å². The van der Waals surface area contributed by atoms with Crippen LogP contribution >= 0.6 is 0 Å². The molecule has 1 amide bonds. The molecule has 0 bridgehead atoms. The first-order chi connectivity index (χ1) is 32.0. The van der Waals surface area contributed by atoms with Gasteiger partial charge >= 0.3 is 5.97 Å². The summed E-state index contributed by atoms with van der Waals surface area (Å²) in [4.78, 5) is 26.2. The van der Waals surface area contributed by atoms with Crippen molar-refractivity contribution in [1.82, 2.24) is 5.32 Å². The van der Waals surface area contributed by atoms with Crippen molar-refractivity contribution in [1.29, 1.82) is 0 Å². The van der Waals surface area contributed by atoms with Crippen molar-refractivity contribution in [2.24, 2.45) is 0 Å². The lowest BCUT2D eigenvalue weighted by Gasteiger charge is -2.24. The van der Waals surface area contributed by atoms with Crippen LogP contribution in [0.1, 0.15) is 239 Å². The first-order valence-electron chi connectivity index (χ1n) is 27.0. The number of aliphatic hydroxyl groups is 2. The molecule has 372 valence electrons. The average molecular weight is 904 g/mol. The summed E-state index contributed by atoms with van der Waals surface area (Å²) in [7, 11) is 0. The maximum atomic E-state index is 13.2. The molecule has 0 fully saturated rings. The van der Waals surface area contributed by atoms with Gasteiger partial charge in [-0.3, -0.25) is 9.59 Å². The maximum absolute atomic E-state index is 13.2. The number of hydrogen-bond donors (Lipinski definition) is 3. The molecule has 0 aromatic heterocycles. The van der Waals surface area contributed by atoms with Crippen LogP contribution in [0.5, 0.6) is 0 Å². The van der Waals surface area contributed by atoms with Crippen LogP contribution in [0.4, 0.5) is 0 Å². The van der Waals surface area contributed by atoms with E-state index in [2.05, 4.69) is 117 Å². The van der Waals surface area contributed by atoms with Crippen molar-refractivity contribution in [3.63, 3.8) is 0 Å². The number of rotatable bonds is 47. The molecule has 3 unspecified atom stereocenters. The van der Waals surface area contributed by atoms with Gasteiger partial charge in [0.15, 0.2) is 0 Å². The number of aliphatic hydroxyl groups excluding tert-OH is 2. The third-order valence-electron chi connectivity index (χ3n) is 11.7. The monoisotopic (exact) mass is 904 g/mol. The van der Waals surface area contributed by atoms with E-state index in [1.165, 1.54) is 96.3 Å². The van der Waals surface area contributed by atoms with Crippen molar-refractivity contribution in [3.8, 4) is 0 Å². The van der Waals surface area contributed by atoms with Crippen LogP contribution in [-0.2, 0) is 14.3 Å². The Morgan fingerprint density at radius 1 is 0.477 bits per heavy atom. The lowest BCUT2D eigenvalue weighted by molar-refractivity contribution is -0.150. The minimum atomic E-state index is -0.812. The zero-order valence-electron chi connectivity index (χ0n) is 42.3. The molecule has 0 spiro atoms. The topological polar surface area (TPSA) is 95.9 Å². The van der Waals surface area contributed by atoms with Gasteiger partial charge in [0.25, 0.3) is 0 Å². The van der Waals surface area contributed by atoms with E-state index in [0.29, 0.717) is 19.3 Å². The Hall–Kier alpha value is -3.22. The zero-order chi connectivity index (χ0) is 47.4. The summed E-state index contributed by atoms with van der Waals surface area (Å²) in [5.41, 5.74) is 0. The lowest BCUT2D eigenvalue weighted by atomic mass is 10.0. The summed E-state index contributed by atoms with van der Waals surface area (Å²) in [5.74, 6) is -0.605. The van der Waals surface area contributed by atoms with Crippen LogP contribution in [0, 0.1) is 0 Å². The van der Waals surface area contributed by atoms with E-state index in [0.717, 1.165) is 89.9 Å². The highest BCUT2D eigenvalue weighted by molar-refractivity contribution is 5.77. The van der Waals surface area contributed by atoms with Gasteiger partial charge in [0.2, 0.25) is 5.91 Å². The Balaban J connectivity index is 4.76. The normalized spacial score (nSPS) is 14.0. The highest BCUT2D eigenvalue weighted by Gasteiger charge is 2.24. The van der Waals surface area contributed by atoms with Gasteiger partial charge in [0, 0.05) is 6.42 Å². The molecule has 0 radical (unpaired) electrons. The molecule has 0 aliphatic heterocycles. The van der Waals surface area contributed by atoms with E-state index in [1.807, 2.05) is 6.08 Å². The van der Waals surface area contributed by atoms with E-state index in [1.54, 1.807) is 0 Å². The quantitative estimate of drug-likeness (QED) is 0.0245. The Bertz CT molecular complexity index is 1290. The highest BCUT2D eigenvalue weighted by Crippen LogP contribution is 2.16. The Labute approximate surface area is 401 Å². The number of ether oxygens (including phenoxy) is 1. The first kappa shape index (κ1) is 61.8. The van der Waals surface area contributed by atoms with Gasteiger partial charge in [-0.05, 0) is 89.9 Å². The number of unbranched alkanes of at least 4 members (excludes halogenated alkanes) is 20. The van der Waals surface area contributed by atoms with Crippen LogP contribution in [0.3, 0.4) is 0 Å². The minimum absolute atomic E-state index is 0.0246. The SMILES string of the molecule is CC/C=C\C/C=C\C/C=C\C/C=C\C/C=C\C/C=C\CCC(=O)OC(CCCCC/C=C/C=C/CCCCCCCCC)CC(=O)NC(CO)C(O)CCCCCCCCCCCCC. The molecular formula is C59H101NO5. The van der Waals surface area contributed by atoms with Crippen molar-refractivity contribution >= 4 is 11.9 Å². The number of carbonyl (C=O) groups is 2. The summed E-state index contributed by atoms with van der Waals surface area (Å²) in [6, 6.07) is -0.730. The Morgan fingerprint density at radius 3 is 1.34 bits per heavy atom. The summed E-state index contributed by atoms with van der Waals surface area (Å²) < 4.78 is 5.89. The highest BCUT2D eigenvalue weighted by atomic mass is 16.5. The number of nitrogens with one attached hydrogen (secondary N) is 1. The number of amides is 1. The third-order valence-corrected chi connectivity index (χ3v) is 11.7. The molecule has 6 nitrogen and oxygen atoms in total. The van der Waals surface area contributed by atoms with Crippen molar-refractivity contribution in [2.75, 3.05) is 6.61 Å². The molecule has 0 aliphatic carbocycles. The summed E-state index contributed by atoms with van der Waals surface area (Å²) in [6.07, 6.45) is 69.0. The Kier molecular flexibility index (Phi) is 49.2. The lowest BCUT2D eigenvalue weighted by Crippen LogP contribution is -2.46. The van der Waals surface area contributed by atoms with Crippen LogP contribution in [0.2, 0.25) is 0 Å². The molecule has 65 heavy (non-hydrogen) atoms. The predicted molar refractivity (Wildman–Crippen MR) is 282 cm³/mol. The minimum Gasteiger partial charge on any atom is -0.462 e. The second-order valence-corrected chi connectivity index (χ2v) is 17.9. The maximum Gasteiger partial charge on any atom is 0.306 e. The van der Waals surface area contributed by atoms with Gasteiger partial charge in [-0.2, -0.15) is 0 Å². The van der Waals surface area contributed by atoms with Crippen molar-refractivity contribution in [3.05, 3.63) is 97.2 Å². The first-order valence-corrected chi connectivity index (χ1v) is 27.0. The fraction of sp³-hybridized carbons (Fsp3) is 0.695. The third kappa shape index (κ3) is 47.1. The van der Waals surface area contributed by atoms with Gasteiger partial charge in [-0.25, -0.2) is 0 Å². The van der Waals surface area contributed by atoms with Gasteiger partial charge in [-0.15, -0.1) is 0 Å². The van der Waals surface area contributed by atoms with Gasteiger partial charge < -0.3 is 20.3 Å². The van der Waals surface area contributed by atoms with E-state index in [9.17, 15) is 19.8 Å². The molecule has 0 aromatic rings. The molecule has 0 aliphatic rings. The van der Waals surface area contributed by atoms with E-state index < -0.39 is 18.2 Å². The second kappa shape index (κ2) is 51.8. The number of esters is 1.